The maximum atomic E-state index is 11.6. The van der Waals surface area contributed by atoms with Crippen LogP contribution in [0.2, 0.25) is 0 Å². The number of anilines is 1. The van der Waals surface area contributed by atoms with Crippen LogP contribution in [0, 0.1) is 0 Å². The lowest BCUT2D eigenvalue weighted by Gasteiger charge is -2.06. The second-order valence-electron chi connectivity index (χ2n) is 3.72. The number of hydrogen-bond donors (Lipinski definition) is 3. The quantitative estimate of drug-likeness (QED) is 0.594. The highest BCUT2D eigenvalue weighted by atomic mass is 32.2. The Hall–Kier alpha value is -1.67. The summed E-state index contributed by atoms with van der Waals surface area (Å²) in [4.78, 5) is 15.5. The minimum atomic E-state index is -3.18. The van der Waals surface area contributed by atoms with Crippen molar-refractivity contribution in [3.8, 4) is 0 Å². The summed E-state index contributed by atoms with van der Waals surface area (Å²) in [5.74, 6) is -0.368. The molecule has 1 amide bonds. The van der Waals surface area contributed by atoms with Crippen LogP contribution in [0.25, 0.3) is 0 Å². The Balaban J connectivity index is 2.33. The van der Waals surface area contributed by atoms with Crippen molar-refractivity contribution < 1.29 is 13.2 Å². The van der Waals surface area contributed by atoms with E-state index in [1.54, 1.807) is 12.1 Å². The number of aromatic nitrogens is 1. The van der Waals surface area contributed by atoms with E-state index in [1.807, 2.05) is 0 Å². The molecule has 0 aromatic carbocycles. The molecule has 0 unspecified atom stereocenters. The van der Waals surface area contributed by atoms with Gasteiger partial charge in [-0.3, -0.25) is 4.79 Å². The summed E-state index contributed by atoms with van der Waals surface area (Å²) in [6.45, 7) is 0.619. The second-order valence-corrected chi connectivity index (χ2v) is 5.55. The van der Waals surface area contributed by atoms with E-state index in [9.17, 15) is 13.2 Å². The molecule has 0 aliphatic carbocycles. The summed E-state index contributed by atoms with van der Waals surface area (Å²) in [7, 11) is -3.18. The summed E-state index contributed by atoms with van der Waals surface area (Å²) in [6, 6.07) is 3.23. The summed E-state index contributed by atoms with van der Waals surface area (Å²) in [5.41, 5.74) is 6.08. The van der Waals surface area contributed by atoms with Gasteiger partial charge in [0.05, 0.1) is 11.9 Å². The van der Waals surface area contributed by atoms with Crippen LogP contribution in [-0.2, 0) is 10.0 Å². The van der Waals surface area contributed by atoms with Crippen LogP contribution < -0.4 is 15.8 Å². The Bertz CT molecular complexity index is 516. The Morgan fingerprint density at radius 2 is 2.17 bits per heavy atom. The molecule has 0 bridgehead atoms. The van der Waals surface area contributed by atoms with Crippen molar-refractivity contribution in [1.29, 1.82) is 0 Å². The van der Waals surface area contributed by atoms with Gasteiger partial charge in [-0.25, -0.2) is 18.1 Å². The number of hydrogen-bond acceptors (Lipinski definition) is 5. The van der Waals surface area contributed by atoms with E-state index < -0.39 is 10.0 Å². The lowest BCUT2D eigenvalue weighted by molar-refractivity contribution is 0.0949. The van der Waals surface area contributed by atoms with Crippen molar-refractivity contribution in [2.75, 3.05) is 25.1 Å². The van der Waals surface area contributed by atoms with Gasteiger partial charge >= 0.3 is 0 Å². The van der Waals surface area contributed by atoms with E-state index in [0.29, 0.717) is 18.7 Å². The standard InChI is InChI=1S/C10H16N4O3S/c1-18(16,17)14-7-3-6-13-10(15)9-8(11)4-2-5-12-9/h2,4-5,14H,3,6-7,11H2,1H3,(H,13,15). The van der Waals surface area contributed by atoms with E-state index in [0.717, 1.165) is 6.26 Å². The number of rotatable bonds is 6. The Morgan fingerprint density at radius 3 is 2.78 bits per heavy atom. The van der Waals surface area contributed by atoms with Crippen LogP contribution in [0.3, 0.4) is 0 Å². The molecule has 0 fully saturated rings. The molecule has 0 radical (unpaired) electrons. The van der Waals surface area contributed by atoms with Crippen LogP contribution in [0.1, 0.15) is 16.9 Å². The van der Waals surface area contributed by atoms with Crippen LogP contribution in [-0.4, -0.2) is 38.7 Å². The zero-order valence-electron chi connectivity index (χ0n) is 10.0. The number of sulfonamides is 1. The molecule has 0 saturated carbocycles. The smallest absolute Gasteiger partial charge is 0.272 e. The highest BCUT2D eigenvalue weighted by Gasteiger charge is 2.09. The number of pyridine rings is 1. The third kappa shape index (κ3) is 5.11. The Labute approximate surface area is 106 Å². The fourth-order valence-electron chi connectivity index (χ4n) is 1.24. The Kier molecular flexibility index (Phi) is 5.05. The lowest BCUT2D eigenvalue weighted by atomic mass is 10.3. The van der Waals surface area contributed by atoms with Gasteiger partial charge in [-0.15, -0.1) is 0 Å². The van der Waals surface area contributed by atoms with E-state index in [-0.39, 0.29) is 18.1 Å². The average Bonchev–Trinajstić information content (AvgIpc) is 2.27. The van der Waals surface area contributed by atoms with Crippen molar-refractivity contribution >= 4 is 21.6 Å². The first-order valence-corrected chi connectivity index (χ1v) is 7.22. The van der Waals surface area contributed by atoms with Gasteiger partial charge in [0, 0.05) is 19.3 Å². The van der Waals surface area contributed by atoms with Gasteiger partial charge in [0.15, 0.2) is 5.69 Å². The molecule has 0 aliphatic rings. The zero-order valence-corrected chi connectivity index (χ0v) is 10.8. The SMILES string of the molecule is CS(=O)(=O)NCCCNC(=O)c1ncccc1N. The molecular weight excluding hydrogens is 256 g/mol. The highest BCUT2D eigenvalue weighted by Crippen LogP contribution is 2.05. The number of nitrogen functional groups attached to an aromatic ring is 1. The summed E-state index contributed by atoms with van der Waals surface area (Å²) in [6.07, 6.45) is 3.06. The predicted molar refractivity (Wildman–Crippen MR) is 68.4 cm³/mol. The average molecular weight is 272 g/mol. The predicted octanol–water partition coefficient (Wildman–Crippen LogP) is -0.667. The van der Waals surface area contributed by atoms with E-state index in [2.05, 4.69) is 15.0 Å². The molecule has 0 aliphatic heterocycles. The lowest BCUT2D eigenvalue weighted by Crippen LogP contribution is -2.30. The van der Waals surface area contributed by atoms with Crippen LogP contribution in [0.5, 0.6) is 0 Å². The summed E-state index contributed by atoms with van der Waals surface area (Å²) in [5, 5.41) is 2.61. The third-order valence-electron chi connectivity index (χ3n) is 2.06. The molecule has 7 nitrogen and oxygen atoms in total. The molecule has 1 aromatic rings. The maximum absolute atomic E-state index is 11.6. The van der Waals surface area contributed by atoms with Gasteiger partial charge in [0.1, 0.15) is 0 Å². The number of amides is 1. The fraction of sp³-hybridized carbons (Fsp3) is 0.400. The first kappa shape index (κ1) is 14.4. The van der Waals surface area contributed by atoms with Crippen molar-refractivity contribution in [2.24, 2.45) is 0 Å². The van der Waals surface area contributed by atoms with Crippen molar-refractivity contribution in [3.05, 3.63) is 24.0 Å². The van der Waals surface area contributed by atoms with Crippen molar-refractivity contribution in [1.82, 2.24) is 15.0 Å². The fourth-order valence-corrected chi connectivity index (χ4v) is 1.75. The number of carbonyl (C=O) groups is 1. The van der Waals surface area contributed by atoms with Crippen molar-refractivity contribution in [3.63, 3.8) is 0 Å². The van der Waals surface area contributed by atoms with E-state index in [4.69, 9.17) is 5.73 Å². The molecule has 1 heterocycles. The molecule has 100 valence electrons. The molecule has 18 heavy (non-hydrogen) atoms. The first-order valence-electron chi connectivity index (χ1n) is 5.33. The van der Waals surface area contributed by atoms with Crippen LogP contribution >= 0.6 is 0 Å². The normalized spacial score (nSPS) is 11.2. The van der Waals surface area contributed by atoms with Gasteiger partial charge in [-0.05, 0) is 18.6 Å². The topological polar surface area (TPSA) is 114 Å². The van der Waals surface area contributed by atoms with Gasteiger partial charge in [-0.1, -0.05) is 0 Å². The summed E-state index contributed by atoms with van der Waals surface area (Å²) < 4.78 is 23.9. The molecule has 0 atom stereocenters. The minimum absolute atomic E-state index is 0.175. The molecule has 1 rings (SSSR count). The third-order valence-corrected chi connectivity index (χ3v) is 2.79. The largest absolute Gasteiger partial charge is 0.397 e. The molecule has 0 spiro atoms. The Morgan fingerprint density at radius 1 is 1.44 bits per heavy atom. The molecule has 1 aromatic heterocycles. The minimum Gasteiger partial charge on any atom is -0.397 e. The molecule has 8 heteroatoms. The second kappa shape index (κ2) is 6.31. The first-order chi connectivity index (χ1) is 8.40. The zero-order chi connectivity index (χ0) is 13.6. The molecular formula is C10H16N4O3S. The monoisotopic (exact) mass is 272 g/mol. The van der Waals surface area contributed by atoms with E-state index in [1.165, 1.54) is 6.20 Å². The van der Waals surface area contributed by atoms with E-state index >= 15 is 0 Å². The van der Waals surface area contributed by atoms with Crippen LogP contribution in [0.15, 0.2) is 18.3 Å². The number of nitrogens with zero attached hydrogens (tertiary/aromatic N) is 1. The van der Waals surface area contributed by atoms with Gasteiger partial charge < -0.3 is 11.1 Å². The number of nitrogens with one attached hydrogen (secondary N) is 2. The number of nitrogens with two attached hydrogens (primary N) is 1. The molecule has 4 N–H and O–H groups in total. The van der Waals surface area contributed by atoms with Crippen LogP contribution in [0.4, 0.5) is 5.69 Å². The molecule has 0 saturated heterocycles. The van der Waals surface area contributed by atoms with Gasteiger partial charge in [-0.2, -0.15) is 0 Å². The summed E-state index contributed by atoms with van der Waals surface area (Å²) >= 11 is 0. The van der Waals surface area contributed by atoms with Crippen molar-refractivity contribution in [2.45, 2.75) is 6.42 Å². The highest BCUT2D eigenvalue weighted by molar-refractivity contribution is 7.88. The maximum Gasteiger partial charge on any atom is 0.272 e. The number of carbonyl (C=O) groups excluding carboxylic acids is 1. The van der Waals surface area contributed by atoms with Gasteiger partial charge in [0.25, 0.3) is 5.91 Å². The van der Waals surface area contributed by atoms with Gasteiger partial charge in [0.2, 0.25) is 10.0 Å².